The Bertz CT molecular complexity index is 665. The molecule has 0 bridgehead atoms. The number of hydrogen-bond acceptors (Lipinski definition) is 3. The molecule has 7 heteroatoms. The van der Waals surface area contributed by atoms with E-state index < -0.39 is 0 Å². The second-order valence-corrected chi connectivity index (χ2v) is 5.77. The molecule has 2 aromatic rings. The first kappa shape index (κ1) is 15.4. The van der Waals surface area contributed by atoms with E-state index in [4.69, 9.17) is 23.2 Å². The summed E-state index contributed by atoms with van der Waals surface area (Å²) in [6.07, 6.45) is 0. The number of hydrogen-bond donors (Lipinski definition) is 2. The van der Waals surface area contributed by atoms with Gasteiger partial charge in [0.05, 0.1) is 14.5 Å². The first-order chi connectivity index (χ1) is 9.42. The molecule has 0 radical (unpaired) electrons. The molecule has 1 heterocycles. The van der Waals surface area contributed by atoms with Crippen LogP contribution in [0.3, 0.4) is 0 Å². The van der Waals surface area contributed by atoms with Gasteiger partial charge in [-0.1, -0.05) is 23.2 Å². The monoisotopic (exact) mass is 377 g/mol. The molecule has 0 unspecified atom stereocenters. The van der Waals surface area contributed by atoms with E-state index in [2.05, 4.69) is 31.5 Å². The Hall–Kier alpha value is -1.04. The zero-order valence-corrected chi connectivity index (χ0v) is 13.8. The van der Waals surface area contributed by atoms with Crippen molar-refractivity contribution in [3.63, 3.8) is 0 Å². The van der Waals surface area contributed by atoms with E-state index in [1.165, 1.54) is 6.07 Å². The van der Waals surface area contributed by atoms with Gasteiger partial charge in [0.25, 0.3) is 0 Å². The highest BCUT2D eigenvalue weighted by Gasteiger charge is 2.11. The van der Waals surface area contributed by atoms with Gasteiger partial charge in [0.15, 0.2) is 5.82 Å². The maximum absolute atomic E-state index is 13.4. The Labute approximate surface area is 134 Å². The van der Waals surface area contributed by atoms with Crippen molar-refractivity contribution in [2.75, 3.05) is 17.7 Å². The fourth-order valence-corrected chi connectivity index (χ4v) is 2.48. The van der Waals surface area contributed by atoms with Gasteiger partial charge in [-0.05, 0) is 46.6 Å². The van der Waals surface area contributed by atoms with Crippen molar-refractivity contribution in [2.24, 2.45) is 0 Å². The molecule has 0 amide bonds. The molecule has 3 nitrogen and oxygen atoms in total. The van der Waals surface area contributed by atoms with Crippen LogP contribution in [0.15, 0.2) is 22.7 Å². The molecule has 20 heavy (non-hydrogen) atoms. The topological polar surface area (TPSA) is 37.0 Å². The normalized spacial score (nSPS) is 10.5. The van der Waals surface area contributed by atoms with Crippen molar-refractivity contribution in [3.05, 3.63) is 44.1 Å². The largest absolute Gasteiger partial charge is 0.372 e. The fraction of sp³-hybridized carbons (Fsp3) is 0.154. The van der Waals surface area contributed by atoms with E-state index in [1.807, 2.05) is 0 Å². The summed E-state index contributed by atoms with van der Waals surface area (Å²) >= 11 is 15.2. The SMILES string of the molecule is CNc1nc(Nc2cc(Br)c(F)cc2C)c(Cl)cc1Cl. The number of aromatic nitrogens is 1. The first-order valence-electron chi connectivity index (χ1n) is 5.69. The van der Waals surface area contributed by atoms with E-state index in [9.17, 15) is 4.39 Å². The van der Waals surface area contributed by atoms with Crippen molar-refractivity contribution in [3.8, 4) is 0 Å². The van der Waals surface area contributed by atoms with Crippen LogP contribution in [0.1, 0.15) is 5.56 Å². The van der Waals surface area contributed by atoms with Gasteiger partial charge in [0, 0.05) is 12.7 Å². The molecule has 2 rings (SSSR count). The number of benzene rings is 1. The lowest BCUT2D eigenvalue weighted by Gasteiger charge is -2.13. The first-order valence-corrected chi connectivity index (χ1v) is 7.23. The van der Waals surface area contributed by atoms with E-state index in [0.717, 1.165) is 5.56 Å². The van der Waals surface area contributed by atoms with E-state index >= 15 is 0 Å². The Balaban J connectivity index is 2.42. The Morgan fingerprint density at radius 2 is 1.80 bits per heavy atom. The van der Waals surface area contributed by atoms with Crippen LogP contribution >= 0.6 is 39.1 Å². The summed E-state index contributed by atoms with van der Waals surface area (Å²) in [5, 5.41) is 6.76. The third-order valence-electron chi connectivity index (χ3n) is 2.69. The molecule has 0 aliphatic rings. The molecular weight excluding hydrogens is 368 g/mol. The van der Waals surface area contributed by atoms with Gasteiger partial charge >= 0.3 is 0 Å². The highest BCUT2D eigenvalue weighted by Crippen LogP contribution is 2.33. The maximum Gasteiger partial charge on any atom is 0.151 e. The van der Waals surface area contributed by atoms with Gasteiger partial charge in [0.1, 0.15) is 11.6 Å². The maximum atomic E-state index is 13.4. The van der Waals surface area contributed by atoms with Crippen molar-refractivity contribution >= 4 is 56.5 Å². The van der Waals surface area contributed by atoms with Gasteiger partial charge in [0.2, 0.25) is 0 Å². The van der Waals surface area contributed by atoms with E-state index in [-0.39, 0.29) is 5.82 Å². The van der Waals surface area contributed by atoms with Crippen LogP contribution < -0.4 is 10.6 Å². The van der Waals surface area contributed by atoms with Crippen LogP contribution in [-0.4, -0.2) is 12.0 Å². The molecule has 106 valence electrons. The third-order valence-corrected chi connectivity index (χ3v) is 3.87. The molecule has 0 aliphatic heterocycles. The molecule has 1 aromatic carbocycles. The lowest BCUT2D eigenvalue weighted by atomic mass is 10.2. The number of anilines is 3. The predicted octanol–water partition coefficient (Wildman–Crippen LogP) is 5.38. The van der Waals surface area contributed by atoms with E-state index in [0.29, 0.717) is 31.8 Å². The second-order valence-electron chi connectivity index (χ2n) is 4.11. The average Bonchev–Trinajstić information content (AvgIpc) is 2.38. The number of rotatable bonds is 3. The molecule has 0 spiro atoms. The zero-order valence-electron chi connectivity index (χ0n) is 10.7. The van der Waals surface area contributed by atoms with Crippen LogP contribution in [-0.2, 0) is 0 Å². The van der Waals surface area contributed by atoms with Gasteiger partial charge in [-0.25, -0.2) is 9.37 Å². The molecule has 0 aliphatic carbocycles. The molecule has 0 fully saturated rings. The van der Waals surface area contributed by atoms with Gasteiger partial charge in [-0.2, -0.15) is 0 Å². The summed E-state index contributed by atoms with van der Waals surface area (Å²) in [4.78, 5) is 4.28. The van der Waals surface area contributed by atoms with Crippen molar-refractivity contribution in [2.45, 2.75) is 6.92 Å². The molecular formula is C13H11BrCl2FN3. The van der Waals surface area contributed by atoms with Crippen LogP contribution in [0.5, 0.6) is 0 Å². The lowest BCUT2D eigenvalue weighted by Crippen LogP contribution is -2.01. The minimum Gasteiger partial charge on any atom is -0.372 e. The Morgan fingerprint density at radius 1 is 1.15 bits per heavy atom. The molecule has 2 N–H and O–H groups in total. The molecule has 0 saturated carbocycles. The summed E-state index contributed by atoms with van der Waals surface area (Å²) in [6, 6.07) is 4.66. The smallest absolute Gasteiger partial charge is 0.151 e. The minimum atomic E-state index is -0.320. The van der Waals surface area contributed by atoms with Crippen molar-refractivity contribution < 1.29 is 4.39 Å². The fourth-order valence-electron chi connectivity index (χ4n) is 1.64. The summed E-state index contributed by atoms with van der Waals surface area (Å²) in [6.45, 7) is 1.79. The van der Waals surface area contributed by atoms with Crippen LogP contribution in [0.25, 0.3) is 0 Å². The van der Waals surface area contributed by atoms with Gasteiger partial charge in [-0.3, -0.25) is 0 Å². The minimum absolute atomic E-state index is 0.320. The number of nitrogens with one attached hydrogen (secondary N) is 2. The number of pyridine rings is 1. The average molecular weight is 379 g/mol. The predicted molar refractivity (Wildman–Crippen MR) is 85.9 cm³/mol. The standard InChI is InChI=1S/C13H11BrCl2FN3/c1-6-3-10(17)7(14)4-11(6)19-13-9(16)5-8(15)12(18-2)20-13/h3-5H,1-2H3,(H2,18,19,20). The molecule has 1 aromatic heterocycles. The lowest BCUT2D eigenvalue weighted by molar-refractivity contribution is 0.620. The summed E-state index contributed by atoms with van der Waals surface area (Å²) < 4.78 is 13.8. The van der Waals surface area contributed by atoms with Crippen molar-refractivity contribution in [1.29, 1.82) is 0 Å². The Kier molecular flexibility index (Phi) is 4.73. The summed E-state index contributed by atoms with van der Waals surface area (Å²) in [7, 11) is 1.71. The summed E-state index contributed by atoms with van der Waals surface area (Å²) in [5.41, 5.74) is 1.45. The van der Waals surface area contributed by atoms with Crippen LogP contribution in [0.2, 0.25) is 10.0 Å². The molecule has 0 saturated heterocycles. The molecule has 0 atom stereocenters. The summed E-state index contributed by atoms with van der Waals surface area (Å²) in [5.74, 6) is 0.638. The van der Waals surface area contributed by atoms with E-state index in [1.54, 1.807) is 26.1 Å². The Morgan fingerprint density at radius 3 is 2.45 bits per heavy atom. The number of aryl methyl sites for hydroxylation is 1. The van der Waals surface area contributed by atoms with Crippen molar-refractivity contribution in [1.82, 2.24) is 4.98 Å². The third kappa shape index (κ3) is 3.16. The van der Waals surface area contributed by atoms with Crippen LogP contribution in [0.4, 0.5) is 21.7 Å². The highest BCUT2D eigenvalue weighted by molar-refractivity contribution is 9.10. The number of halogens is 4. The van der Waals surface area contributed by atoms with Gasteiger partial charge < -0.3 is 10.6 Å². The zero-order chi connectivity index (χ0) is 14.9. The second kappa shape index (κ2) is 6.16. The quantitative estimate of drug-likeness (QED) is 0.752. The van der Waals surface area contributed by atoms with Crippen LogP contribution in [0, 0.1) is 12.7 Å². The van der Waals surface area contributed by atoms with Gasteiger partial charge in [-0.15, -0.1) is 0 Å². The number of nitrogens with zero attached hydrogens (tertiary/aromatic N) is 1. The highest BCUT2D eigenvalue weighted by atomic mass is 79.9.